The zero-order chi connectivity index (χ0) is 15.6. The van der Waals surface area contributed by atoms with Crippen LogP contribution in [-0.2, 0) is 4.79 Å². The average molecular weight is 290 g/mol. The van der Waals surface area contributed by atoms with Crippen molar-refractivity contribution in [3.63, 3.8) is 0 Å². The van der Waals surface area contributed by atoms with Gasteiger partial charge in [0.2, 0.25) is 5.91 Å². The van der Waals surface area contributed by atoms with Gasteiger partial charge in [-0.15, -0.1) is 0 Å². The summed E-state index contributed by atoms with van der Waals surface area (Å²) in [7, 11) is 1.64. The van der Waals surface area contributed by atoms with E-state index in [4.69, 9.17) is 5.73 Å². The van der Waals surface area contributed by atoms with E-state index >= 15 is 0 Å². The van der Waals surface area contributed by atoms with E-state index in [1.165, 1.54) is 11.0 Å². The highest BCUT2D eigenvalue weighted by Crippen LogP contribution is 2.38. The molecule has 0 aliphatic heterocycles. The quantitative estimate of drug-likeness (QED) is 0.838. The van der Waals surface area contributed by atoms with E-state index in [0.29, 0.717) is 11.4 Å². The maximum absolute atomic E-state index is 12.8. The highest BCUT2D eigenvalue weighted by molar-refractivity contribution is 6.04. The highest BCUT2D eigenvalue weighted by Gasteiger charge is 2.37. The van der Waals surface area contributed by atoms with Crippen molar-refractivity contribution >= 4 is 23.3 Å². The minimum absolute atomic E-state index is 0.0190. The number of hydrogen-bond donors (Lipinski definition) is 2. The van der Waals surface area contributed by atoms with Gasteiger partial charge < -0.3 is 15.7 Å². The first-order chi connectivity index (χ1) is 9.85. The summed E-state index contributed by atoms with van der Waals surface area (Å²) in [6, 6.07) is 4.61. The number of carbonyl (C=O) groups excluding carboxylic acids is 1. The molecule has 0 aromatic heterocycles. The fourth-order valence-electron chi connectivity index (χ4n) is 3.08. The van der Waals surface area contributed by atoms with Gasteiger partial charge in [-0.2, -0.15) is 0 Å². The largest absolute Gasteiger partial charge is 0.478 e. The Hall–Kier alpha value is -2.04. The maximum Gasteiger partial charge on any atom is 0.337 e. The number of carboxylic acids is 1. The summed E-state index contributed by atoms with van der Waals surface area (Å²) in [5.41, 5.74) is 6.08. The third-order valence-electron chi connectivity index (χ3n) is 4.39. The second-order valence-electron chi connectivity index (χ2n) is 6.07. The van der Waals surface area contributed by atoms with Gasteiger partial charge in [0.25, 0.3) is 0 Å². The van der Waals surface area contributed by atoms with E-state index in [-0.39, 0.29) is 11.5 Å². The lowest BCUT2D eigenvalue weighted by atomic mass is 9.74. The minimum Gasteiger partial charge on any atom is -0.478 e. The number of carboxylic acid groups (broad SMARTS) is 1. The lowest BCUT2D eigenvalue weighted by Crippen LogP contribution is -2.42. The van der Waals surface area contributed by atoms with Crippen LogP contribution in [0.5, 0.6) is 0 Å². The maximum atomic E-state index is 12.8. The number of nitrogens with zero attached hydrogens (tertiary/aromatic N) is 1. The molecule has 1 fully saturated rings. The van der Waals surface area contributed by atoms with Crippen molar-refractivity contribution in [2.24, 2.45) is 5.41 Å². The summed E-state index contributed by atoms with van der Waals surface area (Å²) in [6.45, 7) is 1.97. The van der Waals surface area contributed by atoms with E-state index in [0.717, 1.165) is 32.1 Å². The normalized spacial score (nSPS) is 17.2. The Morgan fingerprint density at radius 2 is 1.86 bits per heavy atom. The minimum atomic E-state index is -1.08. The molecule has 21 heavy (non-hydrogen) atoms. The molecule has 1 aliphatic rings. The van der Waals surface area contributed by atoms with Crippen LogP contribution in [0.4, 0.5) is 11.4 Å². The molecule has 1 saturated carbocycles. The number of nitrogen functional groups attached to an aromatic ring is 1. The highest BCUT2D eigenvalue weighted by atomic mass is 16.4. The molecule has 0 atom stereocenters. The Morgan fingerprint density at radius 3 is 2.43 bits per heavy atom. The molecule has 0 spiro atoms. The number of hydrogen-bond acceptors (Lipinski definition) is 3. The molecular weight excluding hydrogens is 268 g/mol. The van der Waals surface area contributed by atoms with Crippen LogP contribution >= 0.6 is 0 Å². The summed E-state index contributed by atoms with van der Waals surface area (Å²) in [5.74, 6) is -1.10. The van der Waals surface area contributed by atoms with Crippen LogP contribution in [0.2, 0.25) is 0 Å². The summed E-state index contributed by atoms with van der Waals surface area (Å²) in [5, 5.41) is 9.30. The van der Waals surface area contributed by atoms with Crippen LogP contribution in [0.15, 0.2) is 18.2 Å². The molecule has 114 valence electrons. The number of amides is 1. The van der Waals surface area contributed by atoms with Gasteiger partial charge in [-0.1, -0.05) is 26.2 Å². The number of carbonyl (C=O) groups is 2. The summed E-state index contributed by atoms with van der Waals surface area (Å²) in [6.07, 6.45) is 4.96. The number of aromatic carboxylic acids is 1. The van der Waals surface area contributed by atoms with Gasteiger partial charge in [0.05, 0.1) is 11.3 Å². The summed E-state index contributed by atoms with van der Waals surface area (Å²) >= 11 is 0. The average Bonchev–Trinajstić information content (AvgIpc) is 2.46. The predicted molar refractivity (Wildman–Crippen MR) is 82.4 cm³/mol. The smallest absolute Gasteiger partial charge is 0.337 e. The van der Waals surface area contributed by atoms with Gasteiger partial charge >= 0.3 is 5.97 Å². The summed E-state index contributed by atoms with van der Waals surface area (Å²) in [4.78, 5) is 25.6. The number of anilines is 2. The van der Waals surface area contributed by atoms with Crippen LogP contribution in [0.1, 0.15) is 49.4 Å². The lowest BCUT2D eigenvalue weighted by Gasteiger charge is -2.36. The molecule has 3 N–H and O–H groups in total. The molecule has 5 heteroatoms. The Balaban J connectivity index is 2.33. The van der Waals surface area contributed by atoms with Gasteiger partial charge in [0.1, 0.15) is 0 Å². The number of rotatable bonds is 3. The fourth-order valence-corrected chi connectivity index (χ4v) is 3.08. The van der Waals surface area contributed by atoms with Gasteiger partial charge in [-0.25, -0.2) is 4.79 Å². The van der Waals surface area contributed by atoms with Crippen LogP contribution in [0, 0.1) is 5.41 Å². The van der Waals surface area contributed by atoms with Crippen LogP contribution in [0.3, 0.4) is 0 Å². The third-order valence-corrected chi connectivity index (χ3v) is 4.39. The van der Waals surface area contributed by atoms with Crippen molar-refractivity contribution < 1.29 is 14.7 Å². The second kappa shape index (κ2) is 5.76. The van der Waals surface area contributed by atoms with Crippen molar-refractivity contribution in [1.82, 2.24) is 0 Å². The fraction of sp³-hybridized carbons (Fsp3) is 0.500. The van der Waals surface area contributed by atoms with E-state index in [1.54, 1.807) is 19.2 Å². The van der Waals surface area contributed by atoms with Gasteiger partial charge in [0.15, 0.2) is 0 Å². The second-order valence-corrected chi connectivity index (χ2v) is 6.07. The third kappa shape index (κ3) is 3.01. The molecule has 0 unspecified atom stereocenters. The Kier molecular flexibility index (Phi) is 4.21. The van der Waals surface area contributed by atoms with Crippen molar-refractivity contribution in [2.75, 3.05) is 17.7 Å². The zero-order valence-electron chi connectivity index (χ0n) is 12.6. The van der Waals surface area contributed by atoms with E-state index < -0.39 is 11.4 Å². The molecule has 0 saturated heterocycles. The SMILES string of the molecule is CN(C(=O)C1(C)CCCCC1)c1ccc(N)cc1C(=O)O. The van der Waals surface area contributed by atoms with E-state index in [1.807, 2.05) is 6.92 Å². The monoisotopic (exact) mass is 290 g/mol. The van der Waals surface area contributed by atoms with Crippen molar-refractivity contribution in [2.45, 2.75) is 39.0 Å². The van der Waals surface area contributed by atoms with Gasteiger partial charge in [-0.3, -0.25) is 4.79 Å². The topological polar surface area (TPSA) is 83.6 Å². The van der Waals surface area contributed by atoms with Crippen LogP contribution in [0.25, 0.3) is 0 Å². The van der Waals surface area contributed by atoms with Gasteiger partial charge in [-0.05, 0) is 31.0 Å². The predicted octanol–water partition coefficient (Wildman–Crippen LogP) is 2.90. The van der Waals surface area contributed by atoms with Crippen LogP contribution in [-0.4, -0.2) is 24.0 Å². The first kappa shape index (κ1) is 15.4. The molecule has 1 aliphatic carbocycles. The molecule has 0 heterocycles. The Labute approximate surface area is 124 Å². The zero-order valence-corrected chi connectivity index (χ0v) is 12.6. The number of nitrogens with two attached hydrogens (primary N) is 1. The Bertz CT molecular complexity index is 563. The van der Waals surface area contributed by atoms with E-state index in [2.05, 4.69) is 0 Å². The molecule has 5 nitrogen and oxygen atoms in total. The van der Waals surface area contributed by atoms with Gasteiger partial charge in [0, 0.05) is 18.2 Å². The van der Waals surface area contributed by atoms with Crippen molar-refractivity contribution in [3.05, 3.63) is 23.8 Å². The molecular formula is C16H22N2O3. The molecule has 0 radical (unpaired) electrons. The number of benzene rings is 1. The molecule has 0 bridgehead atoms. The Morgan fingerprint density at radius 1 is 1.24 bits per heavy atom. The first-order valence-corrected chi connectivity index (χ1v) is 7.26. The molecule has 1 amide bonds. The first-order valence-electron chi connectivity index (χ1n) is 7.26. The molecule has 1 aromatic rings. The molecule has 2 rings (SSSR count). The van der Waals surface area contributed by atoms with E-state index in [9.17, 15) is 14.7 Å². The summed E-state index contributed by atoms with van der Waals surface area (Å²) < 4.78 is 0. The van der Waals surface area contributed by atoms with Crippen molar-refractivity contribution in [1.29, 1.82) is 0 Å². The standard InChI is InChI=1S/C16H22N2O3/c1-16(8-4-3-5-9-16)15(21)18(2)13-7-6-11(17)10-12(13)14(19)20/h6-7,10H,3-5,8-9,17H2,1-2H3,(H,19,20). The lowest BCUT2D eigenvalue weighted by molar-refractivity contribution is -0.128. The molecule has 1 aromatic carbocycles. The van der Waals surface area contributed by atoms with Crippen LogP contribution < -0.4 is 10.6 Å². The van der Waals surface area contributed by atoms with Crippen molar-refractivity contribution in [3.8, 4) is 0 Å².